The zero-order chi connectivity index (χ0) is 14.8. The summed E-state index contributed by atoms with van der Waals surface area (Å²) < 4.78 is 0. The molecule has 1 aromatic heterocycles. The summed E-state index contributed by atoms with van der Waals surface area (Å²) in [5.74, 6) is -1.06. The van der Waals surface area contributed by atoms with Crippen LogP contribution in [0.3, 0.4) is 0 Å². The van der Waals surface area contributed by atoms with Crippen molar-refractivity contribution >= 4 is 11.9 Å². The lowest BCUT2D eigenvalue weighted by molar-refractivity contribution is -0.121. The maximum absolute atomic E-state index is 11.6. The number of aromatic nitrogens is 1. The van der Waals surface area contributed by atoms with Gasteiger partial charge >= 0.3 is 5.97 Å². The van der Waals surface area contributed by atoms with Crippen LogP contribution in [-0.4, -0.2) is 28.5 Å². The van der Waals surface area contributed by atoms with Gasteiger partial charge in [-0.2, -0.15) is 0 Å². The Balaban J connectivity index is 2.22. The van der Waals surface area contributed by atoms with E-state index in [0.29, 0.717) is 19.5 Å². The van der Waals surface area contributed by atoms with E-state index in [9.17, 15) is 9.59 Å². The van der Waals surface area contributed by atoms with Gasteiger partial charge in [0.25, 0.3) is 0 Å². The Morgan fingerprint density at radius 2 is 1.95 bits per heavy atom. The highest BCUT2D eigenvalue weighted by Crippen LogP contribution is 2.03. The average Bonchev–Trinajstić information content (AvgIpc) is 2.45. The van der Waals surface area contributed by atoms with Crippen molar-refractivity contribution in [2.45, 2.75) is 38.6 Å². The van der Waals surface area contributed by atoms with Crippen LogP contribution in [0.15, 0.2) is 18.3 Å². The van der Waals surface area contributed by atoms with Crippen molar-refractivity contribution in [3.05, 3.63) is 29.6 Å². The predicted molar refractivity (Wildman–Crippen MR) is 75.2 cm³/mol. The molecule has 0 fully saturated rings. The van der Waals surface area contributed by atoms with Crippen LogP contribution in [0, 0.1) is 0 Å². The molecular formula is C14H21N3O3. The van der Waals surface area contributed by atoms with Gasteiger partial charge in [-0.3, -0.25) is 4.79 Å². The number of carboxylic acid groups (broad SMARTS) is 1. The van der Waals surface area contributed by atoms with Crippen LogP contribution in [-0.2, 0) is 11.3 Å². The van der Waals surface area contributed by atoms with Crippen molar-refractivity contribution in [1.82, 2.24) is 10.3 Å². The maximum atomic E-state index is 11.6. The number of carbonyl (C=O) groups is 2. The first-order valence-electron chi connectivity index (χ1n) is 6.78. The van der Waals surface area contributed by atoms with E-state index < -0.39 is 5.97 Å². The Bertz CT molecular complexity index is 432. The largest absolute Gasteiger partial charge is 0.477 e. The van der Waals surface area contributed by atoms with E-state index in [2.05, 4.69) is 10.3 Å². The van der Waals surface area contributed by atoms with E-state index in [4.69, 9.17) is 10.8 Å². The fraction of sp³-hybridized carbons (Fsp3) is 0.500. The van der Waals surface area contributed by atoms with Gasteiger partial charge in [-0.15, -0.1) is 0 Å². The fourth-order valence-corrected chi connectivity index (χ4v) is 1.73. The van der Waals surface area contributed by atoms with Crippen LogP contribution >= 0.6 is 0 Å². The highest BCUT2D eigenvalue weighted by atomic mass is 16.4. The molecule has 0 spiro atoms. The molecule has 110 valence electrons. The van der Waals surface area contributed by atoms with Gasteiger partial charge in [-0.05, 0) is 31.0 Å². The van der Waals surface area contributed by atoms with Gasteiger partial charge in [0, 0.05) is 19.2 Å². The number of amides is 1. The second kappa shape index (κ2) is 9.03. The number of nitrogens with one attached hydrogen (secondary N) is 1. The van der Waals surface area contributed by atoms with Crippen molar-refractivity contribution in [2.75, 3.05) is 6.54 Å². The van der Waals surface area contributed by atoms with Crippen LogP contribution in [0.25, 0.3) is 0 Å². The number of nitrogens with zero attached hydrogens (tertiary/aromatic N) is 1. The lowest BCUT2D eigenvalue weighted by atomic mass is 10.1. The van der Waals surface area contributed by atoms with E-state index in [1.54, 1.807) is 6.07 Å². The minimum atomic E-state index is -1.06. The van der Waals surface area contributed by atoms with Crippen molar-refractivity contribution in [3.8, 4) is 0 Å². The van der Waals surface area contributed by atoms with Crippen LogP contribution in [0.1, 0.15) is 48.2 Å². The predicted octanol–water partition coefficient (Wildman–Crippen LogP) is 1.31. The molecule has 0 saturated carbocycles. The van der Waals surface area contributed by atoms with Crippen molar-refractivity contribution in [1.29, 1.82) is 0 Å². The first-order valence-corrected chi connectivity index (χ1v) is 6.78. The summed E-state index contributed by atoms with van der Waals surface area (Å²) in [6, 6.07) is 3.08. The van der Waals surface area contributed by atoms with E-state index in [0.717, 1.165) is 31.2 Å². The number of carboxylic acids is 1. The Kier molecular flexibility index (Phi) is 7.27. The quantitative estimate of drug-likeness (QED) is 0.591. The Morgan fingerprint density at radius 1 is 1.20 bits per heavy atom. The Hall–Kier alpha value is -1.95. The number of nitrogens with two attached hydrogens (primary N) is 1. The maximum Gasteiger partial charge on any atom is 0.354 e. The summed E-state index contributed by atoms with van der Waals surface area (Å²) in [7, 11) is 0. The minimum Gasteiger partial charge on any atom is -0.477 e. The first kappa shape index (κ1) is 16.1. The number of hydrogen-bond acceptors (Lipinski definition) is 4. The summed E-state index contributed by atoms with van der Waals surface area (Å²) in [6.45, 7) is 1.07. The Labute approximate surface area is 118 Å². The molecule has 0 bridgehead atoms. The second-order valence-corrected chi connectivity index (χ2v) is 4.59. The third kappa shape index (κ3) is 6.29. The molecule has 0 aliphatic carbocycles. The van der Waals surface area contributed by atoms with Crippen molar-refractivity contribution in [3.63, 3.8) is 0 Å². The molecule has 1 aromatic rings. The molecule has 1 heterocycles. The molecular weight excluding hydrogens is 258 g/mol. The van der Waals surface area contributed by atoms with Gasteiger partial charge in [0.1, 0.15) is 5.69 Å². The minimum absolute atomic E-state index is 0.0000183. The van der Waals surface area contributed by atoms with Gasteiger partial charge in [0.2, 0.25) is 5.91 Å². The van der Waals surface area contributed by atoms with Gasteiger partial charge in [-0.25, -0.2) is 9.78 Å². The van der Waals surface area contributed by atoms with Crippen LogP contribution < -0.4 is 11.1 Å². The molecule has 1 rings (SSSR count). The summed E-state index contributed by atoms with van der Waals surface area (Å²) >= 11 is 0. The number of unbranched alkanes of at least 4 members (excludes halogenated alkanes) is 3. The zero-order valence-corrected chi connectivity index (χ0v) is 11.5. The van der Waals surface area contributed by atoms with Crippen LogP contribution in [0.2, 0.25) is 0 Å². The molecule has 0 unspecified atom stereocenters. The van der Waals surface area contributed by atoms with Crippen LogP contribution in [0.4, 0.5) is 0 Å². The molecule has 20 heavy (non-hydrogen) atoms. The number of carbonyl (C=O) groups excluding carboxylic acids is 1. The SMILES string of the molecule is NCCCCCCC(=O)NCc1ccc(C(=O)O)nc1. The van der Waals surface area contributed by atoms with Gasteiger partial charge < -0.3 is 16.2 Å². The lowest BCUT2D eigenvalue weighted by Gasteiger charge is -2.05. The number of aromatic carboxylic acids is 1. The molecule has 0 radical (unpaired) electrons. The molecule has 0 saturated heterocycles. The van der Waals surface area contributed by atoms with Gasteiger partial charge in [0.05, 0.1) is 0 Å². The number of hydrogen-bond donors (Lipinski definition) is 3. The van der Waals surface area contributed by atoms with Gasteiger partial charge in [0.15, 0.2) is 0 Å². The van der Waals surface area contributed by atoms with Crippen molar-refractivity contribution in [2.24, 2.45) is 5.73 Å². The molecule has 0 aromatic carbocycles. The normalized spacial score (nSPS) is 10.2. The number of rotatable bonds is 9. The molecule has 6 nitrogen and oxygen atoms in total. The highest BCUT2D eigenvalue weighted by molar-refractivity contribution is 5.85. The fourth-order valence-electron chi connectivity index (χ4n) is 1.73. The third-order valence-electron chi connectivity index (χ3n) is 2.89. The molecule has 0 atom stereocenters. The van der Waals surface area contributed by atoms with Crippen LogP contribution in [0.5, 0.6) is 0 Å². The molecule has 6 heteroatoms. The van der Waals surface area contributed by atoms with E-state index >= 15 is 0 Å². The molecule has 4 N–H and O–H groups in total. The second-order valence-electron chi connectivity index (χ2n) is 4.59. The van der Waals surface area contributed by atoms with Gasteiger partial charge in [-0.1, -0.05) is 18.9 Å². The topological polar surface area (TPSA) is 105 Å². The summed E-state index contributed by atoms with van der Waals surface area (Å²) in [4.78, 5) is 26.0. The summed E-state index contributed by atoms with van der Waals surface area (Å²) in [5.41, 5.74) is 6.17. The average molecular weight is 279 g/mol. The summed E-state index contributed by atoms with van der Waals surface area (Å²) in [6.07, 6.45) is 5.91. The zero-order valence-electron chi connectivity index (χ0n) is 11.5. The lowest BCUT2D eigenvalue weighted by Crippen LogP contribution is -2.22. The molecule has 1 amide bonds. The monoisotopic (exact) mass is 279 g/mol. The standard InChI is InChI=1S/C14H21N3O3/c15-8-4-2-1-3-5-13(18)17-10-11-6-7-12(14(19)20)16-9-11/h6-7,9H,1-5,8,10,15H2,(H,17,18)(H,19,20). The van der Waals surface area contributed by atoms with E-state index in [1.807, 2.05) is 0 Å². The number of pyridine rings is 1. The Morgan fingerprint density at radius 3 is 2.55 bits per heavy atom. The molecule has 0 aliphatic heterocycles. The molecule has 0 aliphatic rings. The van der Waals surface area contributed by atoms with E-state index in [1.165, 1.54) is 12.3 Å². The van der Waals surface area contributed by atoms with Crippen molar-refractivity contribution < 1.29 is 14.7 Å². The highest BCUT2D eigenvalue weighted by Gasteiger charge is 2.05. The first-order chi connectivity index (χ1) is 9.63. The smallest absolute Gasteiger partial charge is 0.354 e. The third-order valence-corrected chi connectivity index (χ3v) is 2.89. The van der Waals surface area contributed by atoms with E-state index in [-0.39, 0.29) is 11.6 Å². The summed E-state index contributed by atoms with van der Waals surface area (Å²) in [5, 5.41) is 11.5.